The smallest absolute Gasteiger partial charge is 0.171 e. The molecule has 0 atom stereocenters. The third kappa shape index (κ3) is 7.84. The topological polar surface area (TPSA) is 14.1 Å². The van der Waals surface area contributed by atoms with Gasteiger partial charge < -0.3 is 12.4 Å². The zero-order valence-electron chi connectivity index (χ0n) is 12.6. The maximum Gasteiger partial charge on any atom is 0.171 e. The van der Waals surface area contributed by atoms with Crippen molar-refractivity contribution in [2.45, 2.75) is 65.0 Å². The van der Waals surface area contributed by atoms with Crippen molar-refractivity contribution >= 4 is 11.8 Å². The summed E-state index contributed by atoms with van der Waals surface area (Å²) in [6, 6.07) is 0. The van der Waals surface area contributed by atoms with E-state index in [1.54, 1.807) is 0 Å². The van der Waals surface area contributed by atoms with Crippen LogP contribution in [0, 0.1) is 13.8 Å². The Labute approximate surface area is 129 Å². The summed E-state index contributed by atoms with van der Waals surface area (Å²) in [5.74, 6) is 2.46. The molecule has 1 N–H and O–H groups in total. The zero-order chi connectivity index (χ0) is 13.2. The van der Waals surface area contributed by atoms with Crippen LogP contribution in [0.3, 0.4) is 0 Å². The van der Waals surface area contributed by atoms with Crippen LogP contribution in [-0.4, -0.2) is 5.75 Å². The Morgan fingerprint density at radius 2 is 1.68 bits per heavy atom. The Kier molecular flexibility index (Phi) is 11.5. The predicted octanol–water partition coefficient (Wildman–Crippen LogP) is 1.72. The molecule has 19 heavy (non-hydrogen) atoms. The number of rotatable bonds is 9. The minimum atomic E-state index is 0. The number of H-pyrrole nitrogens is 1. The van der Waals surface area contributed by atoms with Gasteiger partial charge in [-0.25, -0.2) is 4.98 Å². The second-order valence-electron chi connectivity index (χ2n) is 5.11. The van der Waals surface area contributed by atoms with Crippen LogP contribution in [0.4, 0.5) is 0 Å². The van der Waals surface area contributed by atoms with Gasteiger partial charge in [0.25, 0.3) is 0 Å². The lowest BCUT2D eigenvalue weighted by molar-refractivity contribution is -0.379. The van der Waals surface area contributed by atoms with E-state index in [0.29, 0.717) is 0 Å². The number of halogens is 1. The molecule has 3 heteroatoms. The predicted molar refractivity (Wildman–Crippen MR) is 82.0 cm³/mol. The molecule has 0 unspecified atom stereocenters. The molecule has 110 valence electrons. The van der Waals surface area contributed by atoms with Gasteiger partial charge in [0.05, 0.1) is 0 Å². The lowest BCUT2D eigenvalue weighted by atomic mass is 10.1. The highest BCUT2D eigenvalue weighted by atomic mass is 35.5. The van der Waals surface area contributed by atoms with Crippen molar-refractivity contribution in [1.29, 1.82) is 0 Å². The third-order valence-corrected chi connectivity index (χ3v) is 4.62. The van der Waals surface area contributed by atoms with Crippen LogP contribution in [0.25, 0.3) is 0 Å². The summed E-state index contributed by atoms with van der Waals surface area (Å²) in [6.45, 7) is 6.68. The lowest BCUT2D eigenvalue weighted by Crippen LogP contribution is -3.00. The molecular weight excluding hydrogens is 274 g/mol. The van der Waals surface area contributed by atoms with Crippen molar-refractivity contribution in [2.24, 2.45) is 0 Å². The average molecular weight is 302 g/mol. The van der Waals surface area contributed by atoms with Gasteiger partial charge in [0, 0.05) is 16.9 Å². The van der Waals surface area contributed by atoms with Gasteiger partial charge in [-0.3, -0.25) is 0 Å². The van der Waals surface area contributed by atoms with Gasteiger partial charge in [-0.05, 0) is 31.6 Å². The van der Waals surface area contributed by atoms with E-state index in [1.807, 2.05) is 0 Å². The molecule has 1 rings (SSSR count). The summed E-state index contributed by atoms with van der Waals surface area (Å²) in [5, 5.41) is 0. The van der Waals surface area contributed by atoms with E-state index in [2.05, 4.69) is 49.9 Å². The van der Waals surface area contributed by atoms with Crippen LogP contribution in [0.2, 0.25) is 0 Å². The van der Waals surface area contributed by atoms with E-state index < -0.39 is 0 Å². The van der Waals surface area contributed by atoms with E-state index in [-0.39, 0.29) is 12.4 Å². The Hall–Kier alpha value is -0.210. The van der Waals surface area contributed by atoms with Crippen molar-refractivity contribution in [3.05, 3.63) is 29.1 Å². The second-order valence-corrected chi connectivity index (χ2v) is 6.21. The van der Waals surface area contributed by atoms with Gasteiger partial charge in [-0.1, -0.05) is 39.0 Å². The largest absolute Gasteiger partial charge is 1.00 e. The van der Waals surface area contributed by atoms with Gasteiger partial charge in [0.1, 0.15) is 0 Å². The number of nitrogens with one attached hydrogen (secondary N) is 1. The molecule has 0 radical (unpaired) electrons. The van der Waals surface area contributed by atoms with Crippen molar-refractivity contribution in [3.63, 3.8) is 0 Å². The van der Waals surface area contributed by atoms with Gasteiger partial charge in [0.2, 0.25) is 0 Å². The molecule has 0 saturated carbocycles. The van der Waals surface area contributed by atoms with E-state index in [4.69, 9.17) is 0 Å². The summed E-state index contributed by atoms with van der Waals surface area (Å²) in [5.41, 5.74) is 4.28. The third-order valence-electron chi connectivity index (χ3n) is 3.53. The van der Waals surface area contributed by atoms with Gasteiger partial charge >= 0.3 is 0 Å². The maximum atomic E-state index is 3.23. The number of hydrogen-bond acceptors (Lipinski definition) is 1. The quantitative estimate of drug-likeness (QED) is 0.634. The van der Waals surface area contributed by atoms with Crippen molar-refractivity contribution in [3.8, 4) is 0 Å². The minimum Gasteiger partial charge on any atom is -1.00 e. The molecule has 0 aliphatic rings. The number of pyridine rings is 1. The van der Waals surface area contributed by atoms with E-state index >= 15 is 0 Å². The summed E-state index contributed by atoms with van der Waals surface area (Å²) < 4.78 is 0. The first-order valence-corrected chi connectivity index (χ1v) is 8.45. The van der Waals surface area contributed by atoms with Crippen LogP contribution in [0.15, 0.2) is 12.4 Å². The van der Waals surface area contributed by atoms with E-state index in [0.717, 1.165) is 5.75 Å². The molecule has 0 amide bonds. The molecule has 0 bridgehead atoms. The number of unbranched alkanes of at least 4 members (excludes halogenated alkanes) is 5. The SMILES string of the molecule is CCCCCCCCSCc1c[nH+]cc(C)c1C.[Cl-]. The van der Waals surface area contributed by atoms with Crippen molar-refractivity contribution < 1.29 is 17.4 Å². The lowest BCUT2D eigenvalue weighted by Gasteiger charge is -2.05. The summed E-state index contributed by atoms with van der Waals surface area (Å²) in [6.07, 6.45) is 12.6. The van der Waals surface area contributed by atoms with Gasteiger partial charge in [-0.2, -0.15) is 11.8 Å². The maximum absolute atomic E-state index is 3.23. The molecule has 0 spiro atoms. The summed E-state index contributed by atoms with van der Waals surface area (Å²) in [7, 11) is 0. The number of aromatic amines is 1. The summed E-state index contributed by atoms with van der Waals surface area (Å²) in [4.78, 5) is 3.23. The molecule has 0 aliphatic heterocycles. The van der Waals surface area contributed by atoms with Crippen LogP contribution in [-0.2, 0) is 5.75 Å². The fraction of sp³-hybridized carbons (Fsp3) is 0.688. The molecule has 0 aliphatic carbocycles. The van der Waals surface area contributed by atoms with Crippen LogP contribution in [0.5, 0.6) is 0 Å². The highest BCUT2D eigenvalue weighted by Crippen LogP contribution is 2.18. The molecule has 0 fully saturated rings. The molecule has 1 heterocycles. The van der Waals surface area contributed by atoms with Crippen molar-refractivity contribution in [1.82, 2.24) is 0 Å². The monoisotopic (exact) mass is 301 g/mol. The first-order valence-electron chi connectivity index (χ1n) is 7.29. The van der Waals surface area contributed by atoms with Crippen LogP contribution in [0.1, 0.15) is 62.1 Å². The van der Waals surface area contributed by atoms with Crippen LogP contribution < -0.4 is 17.4 Å². The van der Waals surface area contributed by atoms with Gasteiger partial charge in [-0.15, -0.1) is 0 Å². The zero-order valence-corrected chi connectivity index (χ0v) is 14.2. The van der Waals surface area contributed by atoms with Gasteiger partial charge in [0.15, 0.2) is 12.4 Å². The molecular formula is C16H28ClNS. The molecule has 0 saturated heterocycles. The average Bonchev–Trinajstić information content (AvgIpc) is 2.37. The Morgan fingerprint density at radius 3 is 2.42 bits per heavy atom. The molecule has 1 aromatic heterocycles. The van der Waals surface area contributed by atoms with E-state index in [9.17, 15) is 0 Å². The second kappa shape index (κ2) is 11.6. The number of hydrogen-bond donors (Lipinski definition) is 0. The molecule has 0 aromatic carbocycles. The van der Waals surface area contributed by atoms with E-state index in [1.165, 1.54) is 61.0 Å². The Balaban J connectivity index is 0.00000324. The normalized spacial score (nSPS) is 10.3. The van der Waals surface area contributed by atoms with Crippen molar-refractivity contribution in [2.75, 3.05) is 5.75 Å². The highest BCUT2D eigenvalue weighted by molar-refractivity contribution is 7.98. The van der Waals surface area contributed by atoms with Crippen LogP contribution >= 0.6 is 11.8 Å². The minimum absolute atomic E-state index is 0. The molecule has 1 aromatic rings. The summed E-state index contributed by atoms with van der Waals surface area (Å²) >= 11 is 2.07. The Morgan fingerprint density at radius 1 is 1.00 bits per heavy atom. The number of aromatic nitrogens is 1. The fourth-order valence-electron chi connectivity index (χ4n) is 2.05. The highest BCUT2D eigenvalue weighted by Gasteiger charge is 2.04. The fourth-order valence-corrected chi connectivity index (χ4v) is 3.13. The number of thioether (sulfide) groups is 1. The molecule has 1 nitrogen and oxygen atoms in total. The number of aryl methyl sites for hydroxylation is 1. The standard InChI is InChI=1S/C16H27NS.ClH/c1-4-5-6-7-8-9-10-18-13-16-12-17-11-14(2)15(16)3;/h11-12H,4-10,13H2,1-3H3;1H. The first kappa shape index (κ1) is 18.8. The first-order chi connectivity index (χ1) is 8.75. The Bertz CT molecular complexity index is 342.